The molecule has 16 heavy (non-hydrogen) atoms. The molecule has 2 fully saturated rings. The van der Waals surface area contributed by atoms with Gasteiger partial charge in [0.15, 0.2) is 0 Å². The fourth-order valence-electron chi connectivity index (χ4n) is 2.61. The van der Waals surface area contributed by atoms with Gasteiger partial charge in [-0.05, 0) is 25.7 Å². The Labute approximate surface area is 97.8 Å². The summed E-state index contributed by atoms with van der Waals surface area (Å²) in [5, 5.41) is 6.58. The van der Waals surface area contributed by atoms with Crippen LogP contribution in [0.15, 0.2) is 0 Å². The zero-order valence-electron chi connectivity index (χ0n) is 10.2. The molecule has 2 aliphatic rings. The second-order valence-electron chi connectivity index (χ2n) is 4.96. The van der Waals surface area contributed by atoms with Crippen LogP contribution in [0.5, 0.6) is 0 Å². The van der Waals surface area contributed by atoms with E-state index in [1.165, 1.54) is 12.8 Å². The summed E-state index contributed by atoms with van der Waals surface area (Å²) in [6, 6.07) is 1.31. The molecule has 2 amide bonds. The Morgan fingerprint density at radius 3 is 3.00 bits per heavy atom. The van der Waals surface area contributed by atoms with E-state index >= 15 is 0 Å². The number of nitrogens with zero attached hydrogens (tertiary/aromatic N) is 1. The van der Waals surface area contributed by atoms with Crippen molar-refractivity contribution in [2.45, 2.75) is 51.1 Å². The van der Waals surface area contributed by atoms with Gasteiger partial charge in [0.1, 0.15) is 0 Å². The largest absolute Gasteiger partial charge is 0.338 e. The van der Waals surface area contributed by atoms with Crippen molar-refractivity contribution < 1.29 is 4.79 Å². The van der Waals surface area contributed by atoms with Crippen LogP contribution in [0.25, 0.3) is 0 Å². The van der Waals surface area contributed by atoms with Gasteiger partial charge in [0, 0.05) is 31.7 Å². The summed E-state index contributed by atoms with van der Waals surface area (Å²) in [5.74, 6) is 0. The van der Waals surface area contributed by atoms with Gasteiger partial charge >= 0.3 is 6.03 Å². The first-order chi connectivity index (χ1) is 7.79. The number of nitrogens with one attached hydrogen (secondary N) is 2. The van der Waals surface area contributed by atoms with Gasteiger partial charge in [-0.3, -0.25) is 0 Å². The molecule has 0 aliphatic carbocycles. The molecule has 0 saturated carbocycles. The zero-order chi connectivity index (χ0) is 11.4. The number of carbonyl (C=O) groups is 1. The van der Waals surface area contributed by atoms with E-state index in [-0.39, 0.29) is 6.03 Å². The average molecular weight is 225 g/mol. The summed E-state index contributed by atoms with van der Waals surface area (Å²) in [7, 11) is 0. The monoisotopic (exact) mass is 225 g/mol. The molecule has 2 bridgehead atoms. The molecule has 0 aromatic carbocycles. The summed E-state index contributed by atoms with van der Waals surface area (Å²) in [4.78, 5) is 13.9. The smallest absolute Gasteiger partial charge is 0.317 e. The number of hydrogen-bond donors (Lipinski definition) is 2. The third-order valence-electron chi connectivity index (χ3n) is 3.62. The summed E-state index contributed by atoms with van der Waals surface area (Å²) >= 11 is 0. The molecule has 0 aromatic heterocycles. The van der Waals surface area contributed by atoms with Crippen LogP contribution in [-0.2, 0) is 0 Å². The fourth-order valence-corrected chi connectivity index (χ4v) is 2.61. The molecular weight excluding hydrogens is 202 g/mol. The molecule has 2 atom stereocenters. The highest BCUT2D eigenvalue weighted by Crippen LogP contribution is 2.20. The second-order valence-corrected chi connectivity index (χ2v) is 4.96. The van der Waals surface area contributed by atoms with Crippen molar-refractivity contribution in [2.75, 3.05) is 19.6 Å². The Kier molecular flexibility index (Phi) is 4.04. The molecule has 0 radical (unpaired) electrons. The van der Waals surface area contributed by atoms with Crippen molar-refractivity contribution in [3.05, 3.63) is 0 Å². The highest BCUT2D eigenvalue weighted by Gasteiger charge is 2.30. The van der Waals surface area contributed by atoms with Crippen molar-refractivity contribution >= 4 is 6.03 Å². The van der Waals surface area contributed by atoms with Gasteiger partial charge in [0.25, 0.3) is 0 Å². The lowest BCUT2D eigenvalue weighted by molar-refractivity contribution is 0.194. The molecule has 92 valence electrons. The number of carbonyl (C=O) groups excluding carboxylic acids is 1. The minimum atomic E-state index is 0.128. The summed E-state index contributed by atoms with van der Waals surface area (Å²) in [6.07, 6.45) is 5.83. The lowest BCUT2D eigenvalue weighted by atomic mass is 10.1. The van der Waals surface area contributed by atoms with Crippen molar-refractivity contribution in [1.82, 2.24) is 15.5 Å². The van der Waals surface area contributed by atoms with Gasteiger partial charge in [-0.15, -0.1) is 0 Å². The summed E-state index contributed by atoms with van der Waals surface area (Å²) in [6.45, 7) is 4.74. The summed E-state index contributed by atoms with van der Waals surface area (Å²) < 4.78 is 0. The SMILES string of the molecule is CCCCNC(=O)N1CC[C@H]2CC[C@@H](C1)N2. The molecule has 4 nitrogen and oxygen atoms in total. The van der Waals surface area contributed by atoms with E-state index in [1.807, 2.05) is 4.90 Å². The van der Waals surface area contributed by atoms with E-state index in [2.05, 4.69) is 17.6 Å². The van der Waals surface area contributed by atoms with Crippen LogP contribution in [0.3, 0.4) is 0 Å². The fraction of sp³-hybridized carbons (Fsp3) is 0.917. The number of fused-ring (bicyclic) bond motifs is 2. The van der Waals surface area contributed by atoms with Gasteiger partial charge in [-0.25, -0.2) is 4.79 Å². The first-order valence-corrected chi connectivity index (χ1v) is 6.58. The maximum Gasteiger partial charge on any atom is 0.317 e. The lowest BCUT2D eigenvalue weighted by Crippen LogP contribution is -2.44. The Hall–Kier alpha value is -0.770. The Bertz CT molecular complexity index is 244. The van der Waals surface area contributed by atoms with Crippen LogP contribution < -0.4 is 10.6 Å². The predicted molar refractivity (Wildman–Crippen MR) is 64.4 cm³/mol. The van der Waals surface area contributed by atoms with Crippen molar-refractivity contribution in [3.63, 3.8) is 0 Å². The quantitative estimate of drug-likeness (QED) is 0.712. The maximum atomic E-state index is 11.9. The van der Waals surface area contributed by atoms with Gasteiger partial charge in [-0.2, -0.15) is 0 Å². The van der Waals surface area contributed by atoms with Crippen LogP contribution in [0.1, 0.15) is 39.0 Å². The second kappa shape index (κ2) is 5.53. The van der Waals surface area contributed by atoms with Crippen molar-refractivity contribution in [2.24, 2.45) is 0 Å². The zero-order valence-corrected chi connectivity index (χ0v) is 10.2. The Balaban J connectivity index is 1.78. The molecule has 2 rings (SSSR count). The van der Waals surface area contributed by atoms with E-state index in [0.29, 0.717) is 12.1 Å². The Morgan fingerprint density at radius 2 is 2.19 bits per heavy atom. The van der Waals surface area contributed by atoms with Gasteiger partial charge < -0.3 is 15.5 Å². The van der Waals surface area contributed by atoms with E-state index in [4.69, 9.17) is 0 Å². The maximum absolute atomic E-state index is 11.9. The average Bonchev–Trinajstić information content (AvgIpc) is 2.58. The van der Waals surface area contributed by atoms with Crippen LogP contribution in [0, 0.1) is 0 Å². The van der Waals surface area contributed by atoms with Crippen molar-refractivity contribution in [3.8, 4) is 0 Å². The van der Waals surface area contributed by atoms with E-state index in [0.717, 1.165) is 38.9 Å². The molecule has 0 unspecified atom stereocenters. The number of hydrogen-bond acceptors (Lipinski definition) is 2. The van der Waals surface area contributed by atoms with E-state index < -0.39 is 0 Å². The normalized spacial score (nSPS) is 28.9. The highest BCUT2D eigenvalue weighted by molar-refractivity contribution is 5.74. The standard InChI is InChI=1S/C12H23N3O/c1-2-3-7-13-12(16)15-8-6-10-4-5-11(9-15)14-10/h10-11,14H,2-9H2,1H3,(H,13,16)/t10-,11+/m1/s1. The number of urea groups is 1. The van der Waals surface area contributed by atoms with Crippen LogP contribution in [0.4, 0.5) is 4.79 Å². The predicted octanol–water partition coefficient (Wildman–Crippen LogP) is 1.32. The van der Waals surface area contributed by atoms with Gasteiger partial charge in [-0.1, -0.05) is 13.3 Å². The van der Waals surface area contributed by atoms with Crippen LogP contribution in [-0.4, -0.2) is 42.6 Å². The molecular formula is C12H23N3O. The molecule has 4 heteroatoms. The third kappa shape index (κ3) is 2.88. The Morgan fingerprint density at radius 1 is 1.38 bits per heavy atom. The summed E-state index contributed by atoms with van der Waals surface area (Å²) in [5.41, 5.74) is 0. The minimum Gasteiger partial charge on any atom is -0.338 e. The van der Waals surface area contributed by atoms with Crippen LogP contribution in [0.2, 0.25) is 0 Å². The number of unbranched alkanes of at least 4 members (excludes halogenated alkanes) is 1. The number of rotatable bonds is 3. The number of amides is 2. The molecule has 0 spiro atoms. The van der Waals surface area contributed by atoms with Gasteiger partial charge in [0.05, 0.1) is 0 Å². The first-order valence-electron chi connectivity index (χ1n) is 6.58. The topological polar surface area (TPSA) is 44.4 Å². The van der Waals surface area contributed by atoms with E-state index in [9.17, 15) is 4.79 Å². The van der Waals surface area contributed by atoms with Crippen molar-refractivity contribution in [1.29, 1.82) is 0 Å². The molecule has 2 saturated heterocycles. The first kappa shape index (κ1) is 11.7. The minimum absolute atomic E-state index is 0.128. The molecule has 2 aliphatic heterocycles. The van der Waals surface area contributed by atoms with Crippen LogP contribution >= 0.6 is 0 Å². The highest BCUT2D eigenvalue weighted by atomic mass is 16.2. The van der Waals surface area contributed by atoms with E-state index in [1.54, 1.807) is 0 Å². The molecule has 0 aromatic rings. The molecule has 2 N–H and O–H groups in total. The third-order valence-corrected chi connectivity index (χ3v) is 3.62. The number of likely N-dealkylation sites (tertiary alicyclic amines) is 1. The van der Waals surface area contributed by atoms with Gasteiger partial charge in [0.2, 0.25) is 0 Å². The lowest BCUT2D eigenvalue weighted by Gasteiger charge is -2.24. The molecule has 2 heterocycles.